The minimum atomic E-state index is -0.958. The Bertz CT molecular complexity index is 463. The summed E-state index contributed by atoms with van der Waals surface area (Å²) >= 11 is 0. The Hall–Kier alpha value is -1.65. The zero-order valence-corrected chi connectivity index (χ0v) is 11.9. The first-order valence-corrected chi connectivity index (χ1v) is 6.91. The lowest BCUT2D eigenvalue weighted by Crippen LogP contribution is -2.16. The second-order valence-electron chi connectivity index (χ2n) is 4.92. The number of carbonyl (C=O) groups is 1. The maximum absolute atomic E-state index is 13.5. The molecule has 1 unspecified atom stereocenters. The zero-order chi connectivity index (χ0) is 15.1. The predicted octanol–water partition coefficient (Wildman–Crippen LogP) is 4.06. The maximum Gasteiger partial charge on any atom is 0.341 e. The number of esters is 1. The fourth-order valence-electron chi connectivity index (χ4n) is 1.89. The second-order valence-corrected chi connectivity index (χ2v) is 4.92. The molecule has 1 rings (SSSR count). The van der Waals surface area contributed by atoms with Crippen molar-refractivity contribution in [2.75, 3.05) is 5.73 Å². The number of anilines is 1. The lowest BCUT2D eigenvalue weighted by Gasteiger charge is -2.13. The minimum absolute atomic E-state index is 0.269. The molecule has 0 radical (unpaired) electrons. The number of nitrogen functional groups attached to an aromatic ring is 1. The molecule has 0 heterocycles. The fourth-order valence-corrected chi connectivity index (χ4v) is 1.89. The number of unbranched alkanes of at least 4 members (excludes halogenated alkanes) is 3. The van der Waals surface area contributed by atoms with Gasteiger partial charge in [-0.1, -0.05) is 26.2 Å². The van der Waals surface area contributed by atoms with E-state index in [-0.39, 0.29) is 17.4 Å². The van der Waals surface area contributed by atoms with E-state index < -0.39 is 17.6 Å². The Kier molecular flexibility index (Phi) is 6.42. The van der Waals surface area contributed by atoms with Crippen LogP contribution in [-0.4, -0.2) is 12.1 Å². The van der Waals surface area contributed by atoms with Crippen molar-refractivity contribution in [3.05, 3.63) is 29.3 Å². The van der Waals surface area contributed by atoms with Gasteiger partial charge in [0.15, 0.2) is 0 Å². The highest BCUT2D eigenvalue weighted by Gasteiger charge is 2.18. The zero-order valence-electron chi connectivity index (χ0n) is 11.9. The molecule has 0 saturated carbocycles. The summed E-state index contributed by atoms with van der Waals surface area (Å²) in [7, 11) is 0. The number of nitrogens with two attached hydrogens (primary N) is 1. The molecule has 0 saturated heterocycles. The molecule has 20 heavy (non-hydrogen) atoms. The molecule has 0 spiro atoms. The summed E-state index contributed by atoms with van der Waals surface area (Å²) in [5.41, 5.74) is 4.72. The molecule has 0 fully saturated rings. The van der Waals surface area contributed by atoms with Crippen LogP contribution in [0, 0.1) is 11.6 Å². The van der Waals surface area contributed by atoms with Crippen molar-refractivity contribution >= 4 is 11.7 Å². The van der Waals surface area contributed by atoms with Gasteiger partial charge in [0.25, 0.3) is 0 Å². The van der Waals surface area contributed by atoms with Crippen LogP contribution in [0.15, 0.2) is 12.1 Å². The Morgan fingerprint density at radius 3 is 2.60 bits per heavy atom. The molecule has 1 aromatic carbocycles. The van der Waals surface area contributed by atoms with E-state index in [0.29, 0.717) is 6.07 Å². The first kappa shape index (κ1) is 16.4. The average Bonchev–Trinajstić information content (AvgIpc) is 2.38. The number of hydrogen-bond donors (Lipinski definition) is 1. The third kappa shape index (κ3) is 4.79. The van der Waals surface area contributed by atoms with E-state index in [4.69, 9.17) is 10.5 Å². The molecule has 0 aliphatic carbocycles. The number of halogens is 2. The van der Waals surface area contributed by atoms with Gasteiger partial charge < -0.3 is 10.5 Å². The summed E-state index contributed by atoms with van der Waals surface area (Å²) in [5.74, 6) is -2.65. The van der Waals surface area contributed by atoms with Gasteiger partial charge in [0.2, 0.25) is 0 Å². The van der Waals surface area contributed by atoms with E-state index in [0.717, 1.165) is 38.2 Å². The first-order chi connectivity index (χ1) is 9.45. The van der Waals surface area contributed by atoms with Crippen LogP contribution in [0.25, 0.3) is 0 Å². The van der Waals surface area contributed by atoms with Crippen molar-refractivity contribution in [3.8, 4) is 0 Å². The van der Waals surface area contributed by atoms with E-state index in [1.807, 2.05) is 0 Å². The number of rotatable bonds is 7. The number of ether oxygens (including phenoxy) is 1. The molecule has 5 heteroatoms. The van der Waals surface area contributed by atoms with Crippen LogP contribution in [0.1, 0.15) is 56.3 Å². The first-order valence-electron chi connectivity index (χ1n) is 6.91. The molecule has 112 valence electrons. The van der Waals surface area contributed by atoms with Crippen molar-refractivity contribution in [2.45, 2.75) is 52.1 Å². The standard InChI is InChI=1S/C15H21F2NO2/c1-3-4-5-6-7-10(2)20-15(19)11-8-14(18)13(17)9-12(11)16/h8-10H,3-7,18H2,1-2H3. The molecular weight excluding hydrogens is 264 g/mol. The van der Waals surface area contributed by atoms with Crippen molar-refractivity contribution in [2.24, 2.45) is 0 Å². The molecule has 2 N–H and O–H groups in total. The van der Waals surface area contributed by atoms with Crippen LogP contribution in [0.4, 0.5) is 14.5 Å². The Balaban J connectivity index is 2.56. The summed E-state index contributed by atoms with van der Waals surface area (Å²) in [6, 6.07) is 1.56. The molecule has 0 bridgehead atoms. The van der Waals surface area contributed by atoms with Crippen LogP contribution in [0.3, 0.4) is 0 Å². The molecular formula is C15H21F2NO2. The molecule has 3 nitrogen and oxygen atoms in total. The van der Waals surface area contributed by atoms with Gasteiger partial charge in [0.05, 0.1) is 17.4 Å². The Labute approximate surface area is 118 Å². The van der Waals surface area contributed by atoms with E-state index in [9.17, 15) is 13.6 Å². The Morgan fingerprint density at radius 1 is 1.25 bits per heavy atom. The lowest BCUT2D eigenvalue weighted by atomic mass is 10.1. The largest absolute Gasteiger partial charge is 0.459 e. The molecule has 0 aromatic heterocycles. The maximum atomic E-state index is 13.5. The predicted molar refractivity (Wildman–Crippen MR) is 74.4 cm³/mol. The third-order valence-corrected chi connectivity index (χ3v) is 3.08. The monoisotopic (exact) mass is 285 g/mol. The number of benzene rings is 1. The quantitative estimate of drug-likeness (QED) is 0.467. The van der Waals surface area contributed by atoms with Gasteiger partial charge in [0.1, 0.15) is 11.6 Å². The van der Waals surface area contributed by atoms with Crippen molar-refractivity contribution < 1.29 is 18.3 Å². The molecule has 0 aliphatic heterocycles. The van der Waals surface area contributed by atoms with Gasteiger partial charge in [-0.05, 0) is 25.8 Å². The molecule has 0 amide bonds. The normalized spacial score (nSPS) is 12.2. The van der Waals surface area contributed by atoms with Gasteiger partial charge in [-0.15, -0.1) is 0 Å². The van der Waals surface area contributed by atoms with Gasteiger partial charge >= 0.3 is 5.97 Å². The smallest absolute Gasteiger partial charge is 0.341 e. The van der Waals surface area contributed by atoms with Crippen molar-refractivity contribution in [3.63, 3.8) is 0 Å². The number of hydrogen-bond acceptors (Lipinski definition) is 3. The summed E-state index contributed by atoms with van der Waals surface area (Å²) in [5, 5.41) is 0. The van der Waals surface area contributed by atoms with Gasteiger partial charge in [-0.3, -0.25) is 0 Å². The molecule has 1 aromatic rings. The van der Waals surface area contributed by atoms with E-state index in [2.05, 4.69) is 6.92 Å². The summed E-state index contributed by atoms with van der Waals surface area (Å²) in [6.45, 7) is 3.87. The van der Waals surface area contributed by atoms with Gasteiger partial charge in [-0.25, -0.2) is 13.6 Å². The van der Waals surface area contributed by atoms with Gasteiger partial charge in [-0.2, -0.15) is 0 Å². The molecule has 1 atom stereocenters. The third-order valence-electron chi connectivity index (χ3n) is 3.08. The van der Waals surface area contributed by atoms with E-state index in [1.54, 1.807) is 6.92 Å². The van der Waals surface area contributed by atoms with E-state index in [1.165, 1.54) is 0 Å². The number of carbonyl (C=O) groups excluding carboxylic acids is 1. The highest BCUT2D eigenvalue weighted by atomic mass is 19.1. The SMILES string of the molecule is CCCCCCC(C)OC(=O)c1cc(N)c(F)cc1F. The van der Waals surface area contributed by atoms with Crippen LogP contribution >= 0.6 is 0 Å². The highest BCUT2D eigenvalue weighted by Crippen LogP contribution is 2.18. The highest BCUT2D eigenvalue weighted by molar-refractivity contribution is 5.90. The topological polar surface area (TPSA) is 52.3 Å². The van der Waals surface area contributed by atoms with Gasteiger partial charge in [0, 0.05) is 6.07 Å². The fraction of sp³-hybridized carbons (Fsp3) is 0.533. The summed E-state index contributed by atoms with van der Waals surface area (Å²) in [6.07, 6.45) is 4.74. The van der Waals surface area contributed by atoms with Crippen molar-refractivity contribution in [1.29, 1.82) is 0 Å². The van der Waals surface area contributed by atoms with Crippen LogP contribution in [-0.2, 0) is 4.74 Å². The van der Waals surface area contributed by atoms with E-state index >= 15 is 0 Å². The summed E-state index contributed by atoms with van der Waals surface area (Å²) in [4.78, 5) is 11.8. The minimum Gasteiger partial charge on any atom is -0.459 e. The second kappa shape index (κ2) is 7.82. The average molecular weight is 285 g/mol. The van der Waals surface area contributed by atoms with Crippen molar-refractivity contribution in [1.82, 2.24) is 0 Å². The van der Waals surface area contributed by atoms with Crippen LogP contribution in [0.2, 0.25) is 0 Å². The lowest BCUT2D eigenvalue weighted by molar-refractivity contribution is 0.0314. The molecule has 0 aliphatic rings. The van der Waals surface area contributed by atoms with Crippen LogP contribution in [0.5, 0.6) is 0 Å². The Morgan fingerprint density at radius 2 is 1.95 bits per heavy atom. The summed E-state index contributed by atoms with van der Waals surface area (Å²) < 4.78 is 31.6. The van der Waals surface area contributed by atoms with Crippen LogP contribution < -0.4 is 5.73 Å².